The van der Waals surface area contributed by atoms with Crippen molar-refractivity contribution >= 4 is 17.7 Å². The minimum absolute atomic E-state index is 0.0373. The lowest BCUT2D eigenvalue weighted by Gasteiger charge is -2.34. The van der Waals surface area contributed by atoms with E-state index in [0.29, 0.717) is 39.3 Å². The number of hydrogen-bond donors (Lipinski definition) is 0. The van der Waals surface area contributed by atoms with Crippen LogP contribution in [0, 0.1) is 0 Å². The van der Waals surface area contributed by atoms with Gasteiger partial charge in [0.25, 0.3) is 0 Å². The van der Waals surface area contributed by atoms with Crippen molar-refractivity contribution in [3.8, 4) is 0 Å². The van der Waals surface area contributed by atoms with E-state index in [0.717, 1.165) is 12.8 Å². The highest BCUT2D eigenvalue weighted by atomic mass is 16.2. The average Bonchev–Trinajstić information content (AvgIpc) is 2.47. The Morgan fingerprint density at radius 1 is 0.905 bits per heavy atom. The molecule has 6 nitrogen and oxygen atoms in total. The summed E-state index contributed by atoms with van der Waals surface area (Å²) in [5, 5.41) is 0. The van der Waals surface area contributed by atoms with Gasteiger partial charge in [-0.1, -0.05) is 13.8 Å². The first-order valence-corrected chi connectivity index (χ1v) is 7.80. The fourth-order valence-corrected chi connectivity index (χ4v) is 2.52. The molecule has 0 aromatic rings. The van der Waals surface area contributed by atoms with Crippen LogP contribution in [0.3, 0.4) is 0 Å². The van der Waals surface area contributed by atoms with Gasteiger partial charge in [0, 0.05) is 46.2 Å². The molecule has 1 aliphatic rings. The quantitative estimate of drug-likeness (QED) is 0.679. The number of nitrogens with zero attached hydrogens (tertiary/aromatic N) is 3. The molecule has 1 heterocycles. The van der Waals surface area contributed by atoms with E-state index in [9.17, 15) is 14.4 Å². The molecule has 0 N–H and O–H groups in total. The first kappa shape index (κ1) is 17.5. The third-order valence-corrected chi connectivity index (χ3v) is 3.72. The first-order chi connectivity index (χ1) is 9.99. The molecular weight excluding hydrogens is 270 g/mol. The molecule has 0 aromatic carbocycles. The van der Waals surface area contributed by atoms with Crippen molar-refractivity contribution in [2.24, 2.45) is 0 Å². The van der Waals surface area contributed by atoms with Crippen LogP contribution in [0.5, 0.6) is 0 Å². The van der Waals surface area contributed by atoms with Crippen LogP contribution in [0.1, 0.15) is 40.0 Å². The van der Waals surface area contributed by atoms with Crippen molar-refractivity contribution in [2.45, 2.75) is 40.0 Å². The Kier molecular flexibility index (Phi) is 7.19. The average molecular weight is 297 g/mol. The van der Waals surface area contributed by atoms with Crippen molar-refractivity contribution in [1.82, 2.24) is 14.7 Å². The fraction of sp³-hybridized carbons (Fsp3) is 0.800. The minimum atomic E-state index is -0.125. The highest BCUT2D eigenvalue weighted by Gasteiger charge is 2.25. The molecule has 0 spiro atoms. The molecule has 120 valence electrons. The summed E-state index contributed by atoms with van der Waals surface area (Å²) in [4.78, 5) is 40.8. The number of amides is 3. The Morgan fingerprint density at radius 3 is 1.81 bits per heavy atom. The summed E-state index contributed by atoms with van der Waals surface area (Å²) in [5.41, 5.74) is 0. The van der Waals surface area contributed by atoms with E-state index in [1.54, 1.807) is 14.7 Å². The molecule has 0 bridgehead atoms. The van der Waals surface area contributed by atoms with Crippen LogP contribution in [-0.4, -0.2) is 71.7 Å². The number of carbonyl (C=O) groups excluding carboxylic acids is 3. The van der Waals surface area contributed by atoms with Gasteiger partial charge in [-0.05, 0) is 12.8 Å². The Bertz CT molecular complexity index is 370. The van der Waals surface area contributed by atoms with Crippen molar-refractivity contribution in [2.75, 3.05) is 39.3 Å². The maximum Gasteiger partial charge on any atom is 0.232 e. The summed E-state index contributed by atoms with van der Waals surface area (Å²) in [7, 11) is 0. The van der Waals surface area contributed by atoms with E-state index in [2.05, 4.69) is 0 Å². The lowest BCUT2D eigenvalue weighted by atomic mass is 10.2. The summed E-state index contributed by atoms with van der Waals surface area (Å²) < 4.78 is 0. The molecule has 1 rings (SSSR count). The topological polar surface area (TPSA) is 60.9 Å². The molecular formula is C15H27N3O3. The predicted octanol–water partition coefficient (Wildman–Crippen LogP) is 0.716. The van der Waals surface area contributed by atoms with Gasteiger partial charge in [0.2, 0.25) is 17.7 Å². The predicted molar refractivity (Wildman–Crippen MR) is 80.6 cm³/mol. The SMILES string of the molecule is CCCN(CCC)C(=O)CC(=O)N1CCN(C(C)=O)CC1. The zero-order chi connectivity index (χ0) is 15.8. The molecule has 0 aromatic heterocycles. The summed E-state index contributed by atoms with van der Waals surface area (Å²) in [6, 6.07) is 0. The van der Waals surface area contributed by atoms with E-state index >= 15 is 0 Å². The van der Waals surface area contributed by atoms with E-state index in [1.165, 1.54) is 6.92 Å². The highest BCUT2D eigenvalue weighted by molar-refractivity contribution is 5.97. The Labute approximate surface area is 127 Å². The molecule has 0 unspecified atom stereocenters. The lowest BCUT2D eigenvalue weighted by Crippen LogP contribution is -2.51. The van der Waals surface area contributed by atoms with Crippen LogP contribution < -0.4 is 0 Å². The Morgan fingerprint density at radius 2 is 1.38 bits per heavy atom. The van der Waals surface area contributed by atoms with E-state index < -0.39 is 0 Å². The van der Waals surface area contributed by atoms with Gasteiger partial charge in [0.05, 0.1) is 0 Å². The van der Waals surface area contributed by atoms with E-state index in [1.807, 2.05) is 13.8 Å². The van der Waals surface area contributed by atoms with E-state index in [-0.39, 0.29) is 24.1 Å². The van der Waals surface area contributed by atoms with Gasteiger partial charge in [-0.15, -0.1) is 0 Å². The normalized spacial score (nSPS) is 15.0. The van der Waals surface area contributed by atoms with Gasteiger partial charge in [0.15, 0.2) is 0 Å². The summed E-state index contributed by atoms with van der Waals surface area (Å²) >= 11 is 0. The Hall–Kier alpha value is -1.59. The standard InChI is InChI=1S/C15H27N3O3/c1-4-6-17(7-5-2)14(20)12-15(21)18-10-8-16(9-11-18)13(3)19/h4-12H2,1-3H3. The Balaban J connectivity index is 2.45. The van der Waals surface area contributed by atoms with Crippen LogP contribution in [-0.2, 0) is 14.4 Å². The third-order valence-electron chi connectivity index (χ3n) is 3.72. The second kappa shape index (κ2) is 8.64. The molecule has 1 fully saturated rings. The van der Waals surface area contributed by atoms with Crippen molar-refractivity contribution in [3.05, 3.63) is 0 Å². The molecule has 1 saturated heterocycles. The van der Waals surface area contributed by atoms with Crippen molar-refractivity contribution in [3.63, 3.8) is 0 Å². The number of piperazine rings is 1. The molecule has 21 heavy (non-hydrogen) atoms. The smallest absolute Gasteiger partial charge is 0.232 e. The maximum atomic E-state index is 12.2. The summed E-state index contributed by atoms with van der Waals surface area (Å²) in [5.74, 6) is -0.173. The third kappa shape index (κ3) is 5.36. The first-order valence-electron chi connectivity index (χ1n) is 7.80. The maximum absolute atomic E-state index is 12.2. The second-order valence-electron chi connectivity index (χ2n) is 5.44. The zero-order valence-corrected chi connectivity index (χ0v) is 13.4. The van der Waals surface area contributed by atoms with Gasteiger partial charge < -0.3 is 14.7 Å². The summed E-state index contributed by atoms with van der Waals surface area (Å²) in [6.45, 7) is 9.16. The van der Waals surface area contributed by atoms with Gasteiger partial charge in [-0.3, -0.25) is 14.4 Å². The van der Waals surface area contributed by atoms with Gasteiger partial charge in [-0.25, -0.2) is 0 Å². The van der Waals surface area contributed by atoms with E-state index in [4.69, 9.17) is 0 Å². The number of hydrogen-bond acceptors (Lipinski definition) is 3. The minimum Gasteiger partial charge on any atom is -0.342 e. The lowest BCUT2D eigenvalue weighted by molar-refractivity contribution is -0.144. The molecule has 3 amide bonds. The van der Waals surface area contributed by atoms with Gasteiger partial charge in [-0.2, -0.15) is 0 Å². The van der Waals surface area contributed by atoms with Gasteiger partial charge in [0.1, 0.15) is 6.42 Å². The molecule has 6 heteroatoms. The summed E-state index contributed by atoms with van der Waals surface area (Å²) in [6.07, 6.45) is 1.74. The largest absolute Gasteiger partial charge is 0.342 e. The molecule has 1 aliphatic heterocycles. The number of rotatable bonds is 6. The van der Waals surface area contributed by atoms with Crippen LogP contribution in [0.2, 0.25) is 0 Å². The van der Waals surface area contributed by atoms with Crippen LogP contribution in [0.25, 0.3) is 0 Å². The van der Waals surface area contributed by atoms with Crippen LogP contribution in [0.4, 0.5) is 0 Å². The molecule has 0 radical (unpaired) electrons. The second-order valence-corrected chi connectivity index (χ2v) is 5.44. The number of carbonyl (C=O) groups is 3. The van der Waals surface area contributed by atoms with Gasteiger partial charge >= 0.3 is 0 Å². The van der Waals surface area contributed by atoms with Crippen LogP contribution >= 0.6 is 0 Å². The fourth-order valence-electron chi connectivity index (χ4n) is 2.52. The molecule has 0 atom stereocenters. The van der Waals surface area contributed by atoms with Crippen molar-refractivity contribution in [1.29, 1.82) is 0 Å². The van der Waals surface area contributed by atoms with Crippen LogP contribution in [0.15, 0.2) is 0 Å². The zero-order valence-electron chi connectivity index (χ0n) is 13.4. The highest BCUT2D eigenvalue weighted by Crippen LogP contribution is 2.06. The molecule has 0 saturated carbocycles. The molecule has 0 aliphatic carbocycles. The monoisotopic (exact) mass is 297 g/mol. The van der Waals surface area contributed by atoms with Crippen molar-refractivity contribution < 1.29 is 14.4 Å².